The van der Waals surface area contributed by atoms with Crippen molar-refractivity contribution in [3.63, 3.8) is 0 Å². The third kappa shape index (κ3) is 2.69. The molecule has 0 spiro atoms. The summed E-state index contributed by atoms with van der Waals surface area (Å²) in [6.45, 7) is 1.58. The van der Waals surface area contributed by atoms with E-state index in [4.69, 9.17) is 5.73 Å². The molecule has 0 aliphatic carbocycles. The summed E-state index contributed by atoms with van der Waals surface area (Å²) in [7, 11) is 2.12. The van der Waals surface area contributed by atoms with Gasteiger partial charge >= 0.3 is 6.18 Å². The number of rotatable bonds is 1. The first-order chi connectivity index (χ1) is 9.86. The second-order valence-electron chi connectivity index (χ2n) is 6.05. The monoisotopic (exact) mass is 299 g/mol. The maximum absolute atomic E-state index is 13.0. The van der Waals surface area contributed by atoms with Crippen molar-refractivity contribution in [2.75, 3.05) is 30.8 Å². The number of anilines is 2. The van der Waals surface area contributed by atoms with E-state index in [0.29, 0.717) is 17.8 Å². The Morgan fingerprint density at radius 1 is 1.14 bits per heavy atom. The molecule has 6 heteroatoms. The minimum Gasteiger partial charge on any atom is -0.398 e. The Morgan fingerprint density at radius 2 is 1.86 bits per heavy atom. The first kappa shape index (κ1) is 14.5. The summed E-state index contributed by atoms with van der Waals surface area (Å²) >= 11 is 0. The molecule has 2 N–H and O–H groups in total. The van der Waals surface area contributed by atoms with E-state index in [1.165, 1.54) is 18.6 Å². The molecule has 3 nitrogen and oxygen atoms in total. The first-order valence-electron chi connectivity index (χ1n) is 7.30. The second kappa shape index (κ2) is 5.09. The predicted molar refractivity (Wildman–Crippen MR) is 77.3 cm³/mol. The van der Waals surface area contributed by atoms with E-state index in [9.17, 15) is 13.2 Å². The Balaban J connectivity index is 1.87. The van der Waals surface area contributed by atoms with E-state index in [2.05, 4.69) is 16.8 Å². The lowest BCUT2D eigenvalue weighted by atomic mass is 10.1. The number of hydrogen-bond donors (Lipinski definition) is 1. The zero-order valence-electron chi connectivity index (χ0n) is 12.0. The number of benzene rings is 1. The Bertz CT molecular complexity index is 529. The van der Waals surface area contributed by atoms with Gasteiger partial charge in [-0.15, -0.1) is 0 Å². The first-order valence-corrected chi connectivity index (χ1v) is 7.30. The van der Waals surface area contributed by atoms with Crippen LogP contribution in [0.15, 0.2) is 18.2 Å². The van der Waals surface area contributed by atoms with Crippen molar-refractivity contribution in [2.45, 2.75) is 37.5 Å². The Hall–Kier alpha value is -1.43. The number of nitrogens with zero attached hydrogens (tertiary/aromatic N) is 2. The number of nitrogens with two attached hydrogens (primary N) is 1. The molecule has 1 aromatic carbocycles. The molecule has 2 bridgehead atoms. The molecule has 0 saturated carbocycles. The van der Waals surface area contributed by atoms with Crippen molar-refractivity contribution in [2.24, 2.45) is 0 Å². The molecule has 2 atom stereocenters. The van der Waals surface area contributed by atoms with Crippen LogP contribution in [0.5, 0.6) is 0 Å². The maximum atomic E-state index is 13.0. The van der Waals surface area contributed by atoms with Gasteiger partial charge in [-0.25, -0.2) is 0 Å². The Kier molecular flexibility index (Phi) is 3.51. The predicted octanol–water partition coefficient (Wildman–Crippen LogP) is 2.96. The van der Waals surface area contributed by atoms with Gasteiger partial charge in [0, 0.05) is 36.5 Å². The molecule has 116 valence electrons. The molecule has 0 radical (unpaired) electrons. The standard InChI is InChI=1S/C15H20F3N3/c1-20-10-2-3-12(20)9-21(7-6-10)11-4-5-14(19)13(8-11)15(16,17)18/h4-5,8,10,12H,2-3,6-7,9,19H2,1H3. The molecule has 2 unspecified atom stereocenters. The van der Waals surface area contributed by atoms with E-state index >= 15 is 0 Å². The van der Waals surface area contributed by atoms with Crippen LogP contribution >= 0.6 is 0 Å². The number of alkyl halides is 3. The maximum Gasteiger partial charge on any atom is 0.418 e. The number of hydrogen-bond acceptors (Lipinski definition) is 3. The summed E-state index contributed by atoms with van der Waals surface area (Å²) < 4.78 is 38.9. The number of likely N-dealkylation sites (N-methyl/N-ethyl adjacent to an activating group) is 1. The van der Waals surface area contributed by atoms with Crippen LogP contribution in [0, 0.1) is 0 Å². The van der Waals surface area contributed by atoms with Crippen LogP contribution in [0.1, 0.15) is 24.8 Å². The highest BCUT2D eigenvalue weighted by Crippen LogP contribution is 2.37. The van der Waals surface area contributed by atoms with Gasteiger partial charge in [0.25, 0.3) is 0 Å². The fourth-order valence-electron chi connectivity index (χ4n) is 3.53. The minimum absolute atomic E-state index is 0.209. The van der Waals surface area contributed by atoms with Crippen LogP contribution in [0.3, 0.4) is 0 Å². The molecular weight excluding hydrogens is 279 g/mol. The van der Waals surface area contributed by atoms with E-state index in [1.807, 2.05) is 0 Å². The molecular formula is C15H20F3N3. The largest absolute Gasteiger partial charge is 0.418 e. The molecule has 1 aromatic rings. The van der Waals surface area contributed by atoms with Crippen molar-refractivity contribution in [3.05, 3.63) is 23.8 Å². The molecule has 0 amide bonds. The average molecular weight is 299 g/mol. The van der Waals surface area contributed by atoms with Crippen molar-refractivity contribution >= 4 is 11.4 Å². The molecule has 2 aliphatic rings. The van der Waals surface area contributed by atoms with Crippen molar-refractivity contribution < 1.29 is 13.2 Å². The Labute approximate surface area is 122 Å². The molecule has 0 aromatic heterocycles. The quantitative estimate of drug-likeness (QED) is 0.809. The van der Waals surface area contributed by atoms with Crippen LogP contribution in [0.25, 0.3) is 0 Å². The van der Waals surface area contributed by atoms with E-state index in [-0.39, 0.29) is 5.69 Å². The van der Waals surface area contributed by atoms with Gasteiger partial charge < -0.3 is 10.6 Å². The van der Waals surface area contributed by atoms with Crippen molar-refractivity contribution in [1.82, 2.24) is 4.90 Å². The fraction of sp³-hybridized carbons (Fsp3) is 0.600. The smallest absolute Gasteiger partial charge is 0.398 e. The minimum atomic E-state index is -4.40. The lowest BCUT2D eigenvalue weighted by molar-refractivity contribution is -0.136. The summed E-state index contributed by atoms with van der Waals surface area (Å²) in [5, 5.41) is 0. The van der Waals surface area contributed by atoms with E-state index in [0.717, 1.165) is 25.9 Å². The van der Waals surface area contributed by atoms with Gasteiger partial charge in [0.15, 0.2) is 0 Å². The van der Waals surface area contributed by atoms with Gasteiger partial charge in [0.1, 0.15) is 0 Å². The van der Waals surface area contributed by atoms with E-state index in [1.54, 1.807) is 6.07 Å². The highest BCUT2D eigenvalue weighted by Gasteiger charge is 2.36. The summed E-state index contributed by atoms with van der Waals surface area (Å²) in [5.74, 6) is 0. The zero-order chi connectivity index (χ0) is 15.2. The van der Waals surface area contributed by atoms with Crippen LogP contribution in [-0.4, -0.2) is 37.1 Å². The number of halogens is 3. The molecule has 2 fully saturated rings. The highest BCUT2D eigenvalue weighted by atomic mass is 19.4. The third-order valence-corrected chi connectivity index (χ3v) is 4.86. The lowest BCUT2D eigenvalue weighted by Gasteiger charge is -2.28. The van der Waals surface area contributed by atoms with Crippen LogP contribution in [0.2, 0.25) is 0 Å². The van der Waals surface area contributed by atoms with E-state index < -0.39 is 11.7 Å². The zero-order valence-corrected chi connectivity index (χ0v) is 12.0. The average Bonchev–Trinajstić information content (AvgIpc) is 2.63. The molecule has 3 rings (SSSR count). The fourth-order valence-corrected chi connectivity index (χ4v) is 3.53. The summed E-state index contributed by atoms with van der Waals surface area (Å²) in [6.07, 6.45) is -1.08. The van der Waals surface area contributed by atoms with Gasteiger partial charge in [-0.1, -0.05) is 0 Å². The third-order valence-electron chi connectivity index (χ3n) is 4.86. The van der Waals surface area contributed by atoms with Crippen LogP contribution in [0.4, 0.5) is 24.5 Å². The Morgan fingerprint density at radius 3 is 2.57 bits per heavy atom. The van der Waals surface area contributed by atoms with Gasteiger partial charge in [0.2, 0.25) is 0 Å². The van der Waals surface area contributed by atoms with Gasteiger partial charge in [-0.2, -0.15) is 13.2 Å². The molecule has 2 heterocycles. The van der Waals surface area contributed by atoms with Crippen LogP contribution in [-0.2, 0) is 6.18 Å². The lowest BCUT2D eigenvalue weighted by Crippen LogP contribution is -2.36. The van der Waals surface area contributed by atoms with Crippen LogP contribution < -0.4 is 10.6 Å². The van der Waals surface area contributed by atoms with Gasteiger partial charge in [-0.05, 0) is 44.5 Å². The summed E-state index contributed by atoms with van der Waals surface area (Å²) in [5.41, 5.74) is 5.15. The highest BCUT2D eigenvalue weighted by molar-refractivity contribution is 5.59. The summed E-state index contributed by atoms with van der Waals surface area (Å²) in [4.78, 5) is 4.44. The number of nitrogen functional groups attached to an aromatic ring is 1. The molecule has 21 heavy (non-hydrogen) atoms. The topological polar surface area (TPSA) is 32.5 Å². The van der Waals surface area contributed by atoms with Crippen molar-refractivity contribution in [3.8, 4) is 0 Å². The normalized spacial score (nSPS) is 27.0. The summed E-state index contributed by atoms with van der Waals surface area (Å²) in [6, 6.07) is 5.25. The molecule has 2 saturated heterocycles. The van der Waals surface area contributed by atoms with Gasteiger partial charge in [0.05, 0.1) is 5.56 Å². The second-order valence-corrected chi connectivity index (χ2v) is 6.05. The number of fused-ring (bicyclic) bond motifs is 2. The SMILES string of the molecule is CN1C2CCC1CN(c1ccc(N)c(C(F)(F)F)c1)CC2. The van der Waals surface area contributed by atoms with Crippen molar-refractivity contribution in [1.29, 1.82) is 0 Å². The van der Waals surface area contributed by atoms with Gasteiger partial charge in [-0.3, -0.25) is 4.90 Å². The molecule has 2 aliphatic heterocycles.